The van der Waals surface area contributed by atoms with E-state index < -0.39 is 11.9 Å². The number of methoxy groups -OCH3 is 1. The summed E-state index contributed by atoms with van der Waals surface area (Å²) in [6, 6.07) is 16.1. The van der Waals surface area contributed by atoms with Crippen LogP contribution in [0.2, 0.25) is 0 Å². The highest BCUT2D eigenvalue weighted by molar-refractivity contribution is 6.01. The Morgan fingerprint density at radius 3 is 2.39 bits per heavy atom. The molecule has 3 rings (SSSR count). The molecular weight excluding hydrogens is 418 g/mol. The van der Waals surface area contributed by atoms with Crippen molar-refractivity contribution in [2.75, 3.05) is 7.11 Å². The summed E-state index contributed by atoms with van der Waals surface area (Å²) in [6.07, 6.45) is 1.57. The average Bonchev–Trinajstić information content (AvgIpc) is 3.08. The molecule has 0 aliphatic carbocycles. The van der Waals surface area contributed by atoms with Crippen molar-refractivity contribution < 1.29 is 19.4 Å². The highest BCUT2D eigenvalue weighted by atomic mass is 16.5. The van der Waals surface area contributed by atoms with Crippen LogP contribution in [0.1, 0.15) is 38.4 Å². The van der Waals surface area contributed by atoms with E-state index in [1.54, 1.807) is 31.4 Å². The topological polar surface area (TPSA) is 104 Å². The second-order valence-electron chi connectivity index (χ2n) is 7.67. The molecule has 0 radical (unpaired) electrons. The fraction of sp³-hybridized carbons (Fsp3) is 0.192. The Balaban J connectivity index is 1.85. The number of aromatic nitrogens is 1. The molecule has 0 aliphatic rings. The van der Waals surface area contributed by atoms with E-state index in [4.69, 9.17) is 4.74 Å². The number of benzene rings is 2. The summed E-state index contributed by atoms with van der Waals surface area (Å²) in [5, 5.41) is 21.6. The molecule has 0 unspecified atom stereocenters. The average molecular weight is 444 g/mol. The molecule has 0 spiro atoms. The third-order valence-electron chi connectivity index (χ3n) is 5.43. The van der Waals surface area contributed by atoms with Crippen molar-refractivity contribution in [3.8, 4) is 17.5 Å². The van der Waals surface area contributed by atoms with E-state index >= 15 is 0 Å². The number of nitrogens with zero attached hydrogens (tertiary/aromatic N) is 2. The molecule has 0 aliphatic heterocycles. The van der Waals surface area contributed by atoms with Crippen LogP contribution in [-0.4, -0.2) is 28.7 Å². The lowest BCUT2D eigenvalue weighted by molar-refractivity contribution is -0.117. The van der Waals surface area contributed by atoms with Crippen LogP contribution in [0.4, 0.5) is 0 Å². The van der Waals surface area contributed by atoms with Gasteiger partial charge in [0.25, 0.3) is 5.91 Å². The lowest BCUT2D eigenvalue weighted by Crippen LogP contribution is -2.23. The molecule has 0 saturated carbocycles. The molecular formula is C26H25N3O4. The second-order valence-corrected chi connectivity index (χ2v) is 7.67. The molecule has 0 atom stereocenters. The Hall–Kier alpha value is -4.31. The van der Waals surface area contributed by atoms with E-state index in [0.717, 1.165) is 39.5 Å². The summed E-state index contributed by atoms with van der Waals surface area (Å²) in [4.78, 5) is 23.9. The van der Waals surface area contributed by atoms with Gasteiger partial charge in [0.15, 0.2) is 0 Å². The number of carbonyl (C=O) groups excluding carboxylic acids is 1. The van der Waals surface area contributed by atoms with Crippen molar-refractivity contribution in [1.29, 1.82) is 5.26 Å². The summed E-state index contributed by atoms with van der Waals surface area (Å²) in [5.41, 5.74) is 5.25. The lowest BCUT2D eigenvalue weighted by Gasteiger charge is -2.13. The van der Waals surface area contributed by atoms with Gasteiger partial charge in [-0.1, -0.05) is 12.1 Å². The summed E-state index contributed by atoms with van der Waals surface area (Å²) in [6.45, 7) is 5.96. The number of amides is 1. The molecule has 1 heterocycles. The Kier molecular flexibility index (Phi) is 6.99. The van der Waals surface area contributed by atoms with Gasteiger partial charge in [-0.05, 0) is 79.9 Å². The largest absolute Gasteiger partial charge is 0.497 e. The molecule has 168 valence electrons. The highest BCUT2D eigenvalue weighted by Crippen LogP contribution is 2.25. The smallest absolute Gasteiger partial charge is 0.335 e. The fourth-order valence-electron chi connectivity index (χ4n) is 3.67. The summed E-state index contributed by atoms with van der Waals surface area (Å²) < 4.78 is 7.11. The first kappa shape index (κ1) is 23.4. The van der Waals surface area contributed by atoms with E-state index in [9.17, 15) is 20.0 Å². The van der Waals surface area contributed by atoms with Crippen molar-refractivity contribution in [2.24, 2.45) is 0 Å². The van der Waals surface area contributed by atoms with E-state index in [0.29, 0.717) is 0 Å². The van der Waals surface area contributed by atoms with Crippen molar-refractivity contribution >= 4 is 18.0 Å². The van der Waals surface area contributed by atoms with Crippen LogP contribution in [0, 0.1) is 32.1 Å². The number of nitriles is 1. The van der Waals surface area contributed by atoms with Gasteiger partial charge in [0.05, 0.1) is 12.7 Å². The first-order chi connectivity index (χ1) is 15.7. The van der Waals surface area contributed by atoms with Gasteiger partial charge in [-0.3, -0.25) is 4.79 Å². The Bertz CT molecular complexity index is 1280. The zero-order chi connectivity index (χ0) is 24.1. The third kappa shape index (κ3) is 5.13. The van der Waals surface area contributed by atoms with Crippen molar-refractivity contribution in [1.82, 2.24) is 9.88 Å². The minimum atomic E-state index is -0.978. The van der Waals surface area contributed by atoms with E-state index in [2.05, 4.69) is 5.32 Å². The van der Waals surface area contributed by atoms with E-state index in [1.807, 2.05) is 61.7 Å². The van der Waals surface area contributed by atoms with Crippen LogP contribution >= 0.6 is 0 Å². The second kappa shape index (κ2) is 9.88. The molecule has 2 N–H and O–H groups in total. The summed E-state index contributed by atoms with van der Waals surface area (Å²) in [5.74, 6) is -0.709. The van der Waals surface area contributed by atoms with Crippen molar-refractivity contribution in [3.63, 3.8) is 0 Å². The normalized spacial score (nSPS) is 11.1. The summed E-state index contributed by atoms with van der Waals surface area (Å²) >= 11 is 0. The van der Waals surface area contributed by atoms with Crippen molar-refractivity contribution in [3.05, 3.63) is 87.7 Å². The molecule has 0 saturated heterocycles. The molecule has 1 aromatic heterocycles. The maximum Gasteiger partial charge on any atom is 0.335 e. The Labute approximate surface area is 192 Å². The molecule has 1 amide bonds. The van der Waals surface area contributed by atoms with Crippen molar-refractivity contribution in [2.45, 2.75) is 27.3 Å². The van der Waals surface area contributed by atoms with Gasteiger partial charge in [0.1, 0.15) is 17.4 Å². The van der Waals surface area contributed by atoms with Crippen LogP contribution in [0.5, 0.6) is 5.75 Å². The quantitative estimate of drug-likeness (QED) is 0.418. The number of ether oxygens (including phenoxy) is 1. The predicted octanol–water partition coefficient (Wildman–Crippen LogP) is 4.33. The standard InChI is InChI=1S/C26H25N3O4/c1-16-11-20(26(31)32)7-10-24(16)29-17(2)12-21(18(29)3)13-22(14-27)25(30)28-15-19-5-8-23(33-4)9-6-19/h5-13H,15H2,1-4H3,(H,28,30)(H,31,32)/b22-13-. The molecule has 33 heavy (non-hydrogen) atoms. The molecule has 2 aromatic carbocycles. The predicted molar refractivity (Wildman–Crippen MR) is 125 cm³/mol. The number of rotatable bonds is 7. The minimum absolute atomic E-state index is 0.00158. The number of nitrogens with one attached hydrogen (secondary N) is 1. The van der Waals surface area contributed by atoms with Gasteiger partial charge in [-0.25, -0.2) is 4.79 Å². The first-order valence-electron chi connectivity index (χ1n) is 10.3. The van der Waals surface area contributed by atoms with Gasteiger partial charge in [-0.15, -0.1) is 0 Å². The SMILES string of the molecule is COc1ccc(CNC(=O)/C(C#N)=C\c2cc(C)n(-c3ccc(C(=O)O)cc3C)c2C)cc1. The van der Waals surface area contributed by atoms with Crippen LogP contribution in [0.15, 0.2) is 54.1 Å². The number of aryl methyl sites for hydroxylation is 2. The number of hydrogen-bond acceptors (Lipinski definition) is 4. The number of aromatic carboxylic acids is 1. The molecule has 7 heteroatoms. The van der Waals surface area contributed by atoms with E-state index in [1.165, 1.54) is 0 Å². The molecule has 0 bridgehead atoms. The minimum Gasteiger partial charge on any atom is -0.497 e. The highest BCUT2D eigenvalue weighted by Gasteiger charge is 2.15. The van der Waals surface area contributed by atoms with E-state index in [-0.39, 0.29) is 17.7 Å². The zero-order valence-corrected chi connectivity index (χ0v) is 19.0. The number of carboxylic acid groups (broad SMARTS) is 1. The third-order valence-corrected chi connectivity index (χ3v) is 5.43. The van der Waals surface area contributed by atoms with Gasteiger partial charge < -0.3 is 19.7 Å². The number of carbonyl (C=O) groups is 2. The summed E-state index contributed by atoms with van der Waals surface area (Å²) in [7, 11) is 1.59. The lowest BCUT2D eigenvalue weighted by atomic mass is 10.1. The monoisotopic (exact) mass is 443 g/mol. The fourth-order valence-corrected chi connectivity index (χ4v) is 3.67. The molecule has 0 fully saturated rings. The van der Waals surface area contributed by atoms with Gasteiger partial charge in [0.2, 0.25) is 0 Å². The van der Waals surface area contributed by atoms with Crippen LogP contribution in [0.25, 0.3) is 11.8 Å². The Morgan fingerprint density at radius 2 is 1.82 bits per heavy atom. The number of hydrogen-bond donors (Lipinski definition) is 2. The van der Waals surface area contributed by atoms with Crippen LogP contribution in [-0.2, 0) is 11.3 Å². The first-order valence-corrected chi connectivity index (χ1v) is 10.3. The zero-order valence-electron chi connectivity index (χ0n) is 19.0. The van der Waals surface area contributed by atoms with Gasteiger partial charge in [-0.2, -0.15) is 5.26 Å². The van der Waals surface area contributed by atoms with Crippen LogP contribution in [0.3, 0.4) is 0 Å². The maximum atomic E-state index is 12.6. The number of carboxylic acids is 1. The van der Waals surface area contributed by atoms with Gasteiger partial charge >= 0.3 is 5.97 Å². The van der Waals surface area contributed by atoms with Crippen LogP contribution < -0.4 is 10.1 Å². The molecule has 3 aromatic rings. The molecule has 7 nitrogen and oxygen atoms in total. The maximum absolute atomic E-state index is 12.6. The van der Waals surface area contributed by atoms with Gasteiger partial charge in [0, 0.05) is 23.6 Å². The Morgan fingerprint density at radius 1 is 1.12 bits per heavy atom.